The second kappa shape index (κ2) is 7.69. The minimum atomic E-state index is 0.0756. The number of hydrogen-bond donors (Lipinski definition) is 1. The Kier molecular flexibility index (Phi) is 4.73. The fourth-order valence-electron chi connectivity index (χ4n) is 4.28. The number of hydrogen-bond acceptors (Lipinski definition) is 6. The zero-order valence-electron chi connectivity index (χ0n) is 16.4. The molecule has 0 atom stereocenters. The maximum Gasteiger partial charge on any atom is 0.231 e. The van der Waals surface area contributed by atoms with E-state index in [2.05, 4.69) is 19.4 Å². The highest BCUT2D eigenvalue weighted by Gasteiger charge is 2.25. The quantitative estimate of drug-likeness (QED) is 0.534. The van der Waals surface area contributed by atoms with E-state index < -0.39 is 0 Å². The van der Waals surface area contributed by atoms with E-state index in [4.69, 9.17) is 14.7 Å². The normalized spacial score (nSPS) is 17.4. The van der Waals surface area contributed by atoms with Crippen molar-refractivity contribution in [3.63, 3.8) is 0 Å². The number of ketones is 1. The molecule has 0 spiro atoms. The number of nitriles is 1. The molecule has 0 radical (unpaired) electrons. The van der Waals surface area contributed by atoms with Crippen molar-refractivity contribution in [3.05, 3.63) is 53.6 Å². The first kappa shape index (κ1) is 18.5. The van der Waals surface area contributed by atoms with Crippen molar-refractivity contribution in [2.45, 2.75) is 18.9 Å². The Hall–Kier alpha value is -3.57. The first-order valence-electron chi connectivity index (χ1n) is 10.0. The van der Waals surface area contributed by atoms with E-state index in [0.29, 0.717) is 29.2 Å². The predicted octanol–water partition coefficient (Wildman–Crippen LogP) is 2.60. The van der Waals surface area contributed by atoms with E-state index in [0.717, 1.165) is 37.0 Å². The Bertz CT molecular complexity index is 1210. The summed E-state index contributed by atoms with van der Waals surface area (Å²) in [7, 11) is 0. The monoisotopic (exact) mass is 403 g/mol. The zero-order valence-corrected chi connectivity index (χ0v) is 16.4. The van der Waals surface area contributed by atoms with Crippen LogP contribution in [0.1, 0.15) is 29.2 Å². The van der Waals surface area contributed by atoms with Crippen molar-refractivity contribution in [1.29, 1.82) is 5.26 Å². The highest BCUT2D eigenvalue weighted by molar-refractivity contribution is 5.98. The number of likely N-dealkylation sites (tertiary alicyclic amines) is 1. The van der Waals surface area contributed by atoms with Gasteiger partial charge in [-0.25, -0.2) is 0 Å². The Balaban J connectivity index is 1.29. The predicted molar refractivity (Wildman–Crippen MR) is 109 cm³/mol. The van der Waals surface area contributed by atoms with Crippen LogP contribution in [0.5, 0.6) is 11.5 Å². The number of aromatic nitrogens is 2. The highest BCUT2D eigenvalue weighted by Crippen LogP contribution is 2.33. The number of carbonyl (C=O) groups is 1. The van der Waals surface area contributed by atoms with Gasteiger partial charge in [-0.15, -0.1) is 4.99 Å². The molecule has 1 N–H and O–H groups in total. The number of aromatic amines is 1. The molecule has 3 heterocycles. The van der Waals surface area contributed by atoms with Gasteiger partial charge in [-0.3, -0.25) is 9.69 Å². The summed E-state index contributed by atoms with van der Waals surface area (Å²) >= 11 is 0. The molecule has 8 nitrogen and oxygen atoms in total. The molecule has 8 heteroatoms. The van der Waals surface area contributed by atoms with E-state index in [9.17, 15) is 4.79 Å². The van der Waals surface area contributed by atoms with Crippen LogP contribution in [-0.2, 0) is 0 Å². The Morgan fingerprint density at radius 2 is 1.97 bits per heavy atom. The number of carbonyl (C=O) groups excluding carboxylic acids is 1. The molecule has 0 unspecified atom stereocenters. The second-order valence-corrected chi connectivity index (χ2v) is 7.55. The number of nitrogens with one attached hydrogen (secondary N) is 1. The number of Topliss-reactive ketones (excluding diaryl/α,β-unsaturated/α-hetero) is 1. The summed E-state index contributed by atoms with van der Waals surface area (Å²) in [5.74, 6) is 1.39. The van der Waals surface area contributed by atoms with Crippen LogP contribution in [0.4, 0.5) is 0 Å². The standard InChI is InChI=1S/C22H21N5O3/c23-13-24-22-25-17-3-1-2-4-18(17)27(22)16-7-9-26(10-8-16)12-19(28)15-5-6-20-21(11-15)30-14-29-20/h1-6,11,16H,7-10,12,14H2,(H,24,25). The van der Waals surface area contributed by atoms with Crippen molar-refractivity contribution in [1.82, 2.24) is 14.5 Å². The zero-order chi connectivity index (χ0) is 20.5. The molecule has 2 aromatic carbocycles. The summed E-state index contributed by atoms with van der Waals surface area (Å²) in [6.45, 7) is 2.19. The minimum Gasteiger partial charge on any atom is -0.454 e. The molecule has 0 amide bonds. The smallest absolute Gasteiger partial charge is 0.231 e. The summed E-state index contributed by atoms with van der Waals surface area (Å²) in [6, 6.07) is 13.5. The number of piperidine rings is 1. The molecule has 1 saturated heterocycles. The number of nitrogens with zero attached hydrogens (tertiary/aromatic N) is 4. The van der Waals surface area contributed by atoms with E-state index in [1.54, 1.807) is 18.2 Å². The lowest BCUT2D eigenvalue weighted by Crippen LogP contribution is -2.39. The lowest BCUT2D eigenvalue weighted by molar-refractivity contribution is 0.0897. The van der Waals surface area contributed by atoms with Gasteiger partial charge in [-0.2, -0.15) is 5.26 Å². The number of H-pyrrole nitrogens is 1. The number of rotatable bonds is 4. The maximum atomic E-state index is 12.7. The molecule has 3 aromatic rings. The van der Waals surface area contributed by atoms with Gasteiger partial charge in [0.05, 0.1) is 17.6 Å². The first-order valence-corrected chi connectivity index (χ1v) is 10.0. The molecular weight excluding hydrogens is 382 g/mol. The largest absolute Gasteiger partial charge is 0.454 e. The lowest BCUT2D eigenvalue weighted by Gasteiger charge is -2.32. The molecule has 0 bridgehead atoms. The van der Waals surface area contributed by atoms with Gasteiger partial charge in [0.15, 0.2) is 17.3 Å². The Labute approximate surface area is 173 Å². The number of benzene rings is 2. The third kappa shape index (κ3) is 3.33. The molecule has 1 fully saturated rings. The van der Waals surface area contributed by atoms with Gasteiger partial charge >= 0.3 is 0 Å². The lowest BCUT2D eigenvalue weighted by atomic mass is 10.0. The number of fused-ring (bicyclic) bond motifs is 2. The van der Waals surface area contributed by atoms with Crippen LogP contribution in [0.15, 0.2) is 47.5 Å². The average Bonchev–Trinajstić information content (AvgIpc) is 3.38. The van der Waals surface area contributed by atoms with E-state index in [1.165, 1.54) is 0 Å². The van der Waals surface area contributed by atoms with Crippen molar-refractivity contribution in [2.75, 3.05) is 26.4 Å². The van der Waals surface area contributed by atoms with Crippen molar-refractivity contribution in [3.8, 4) is 17.7 Å². The SMILES string of the molecule is N#CN=c1[nH]c2ccccc2n1C1CCN(CC(=O)c2ccc3c(c2)OCO3)CC1. The van der Waals surface area contributed by atoms with Crippen LogP contribution in [0.3, 0.4) is 0 Å². The molecule has 5 rings (SSSR count). The van der Waals surface area contributed by atoms with Gasteiger partial charge in [-0.1, -0.05) is 12.1 Å². The fourth-order valence-corrected chi connectivity index (χ4v) is 4.28. The Morgan fingerprint density at radius 1 is 1.17 bits per heavy atom. The van der Waals surface area contributed by atoms with Gasteiger partial charge in [-0.05, 0) is 43.2 Å². The van der Waals surface area contributed by atoms with E-state index in [1.807, 2.05) is 30.5 Å². The molecule has 0 aliphatic carbocycles. The van der Waals surface area contributed by atoms with E-state index >= 15 is 0 Å². The van der Waals surface area contributed by atoms with Crippen LogP contribution in [0.2, 0.25) is 0 Å². The van der Waals surface area contributed by atoms with Crippen molar-refractivity contribution >= 4 is 16.8 Å². The molecule has 2 aliphatic rings. The summed E-state index contributed by atoms with van der Waals surface area (Å²) in [6.07, 6.45) is 3.66. The van der Waals surface area contributed by atoms with Crippen molar-refractivity contribution in [2.24, 2.45) is 4.99 Å². The molecular formula is C22H21N5O3. The van der Waals surface area contributed by atoms with Gasteiger partial charge in [0.1, 0.15) is 0 Å². The second-order valence-electron chi connectivity index (χ2n) is 7.55. The van der Waals surface area contributed by atoms with Gasteiger partial charge < -0.3 is 19.0 Å². The number of para-hydroxylation sites is 2. The topological polar surface area (TPSA) is 95.6 Å². The number of ether oxygens (including phenoxy) is 2. The van der Waals surface area contributed by atoms with Crippen molar-refractivity contribution < 1.29 is 14.3 Å². The summed E-state index contributed by atoms with van der Waals surface area (Å²) < 4.78 is 12.8. The Morgan fingerprint density at radius 3 is 2.80 bits per heavy atom. The van der Waals surface area contributed by atoms with Crippen LogP contribution in [-0.4, -0.2) is 46.7 Å². The average molecular weight is 403 g/mol. The van der Waals surface area contributed by atoms with E-state index in [-0.39, 0.29) is 18.6 Å². The fraction of sp³-hybridized carbons (Fsp3) is 0.318. The molecule has 0 saturated carbocycles. The highest BCUT2D eigenvalue weighted by atomic mass is 16.7. The maximum absolute atomic E-state index is 12.7. The summed E-state index contributed by atoms with van der Waals surface area (Å²) in [5, 5.41) is 9.06. The first-order chi connectivity index (χ1) is 14.7. The molecule has 152 valence electrons. The van der Waals surface area contributed by atoms with Crippen LogP contribution < -0.4 is 15.1 Å². The van der Waals surface area contributed by atoms with Gasteiger partial charge in [0.2, 0.25) is 18.6 Å². The van der Waals surface area contributed by atoms with Gasteiger partial charge in [0.25, 0.3) is 0 Å². The third-order valence-electron chi connectivity index (χ3n) is 5.78. The van der Waals surface area contributed by atoms with Crippen LogP contribution >= 0.6 is 0 Å². The van der Waals surface area contributed by atoms with Crippen LogP contribution in [0, 0.1) is 11.5 Å². The molecule has 2 aliphatic heterocycles. The van der Waals surface area contributed by atoms with Crippen LogP contribution in [0.25, 0.3) is 11.0 Å². The molecule has 30 heavy (non-hydrogen) atoms. The third-order valence-corrected chi connectivity index (χ3v) is 5.78. The molecule has 1 aromatic heterocycles. The van der Waals surface area contributed by atoms with Gasteiger partial charge in [0, 0.05) is 24.7 Å². The summed E-state index contributed by atoms with van der Waals surface area (Å²) in [4.78, 5) is 22.1. The number of imidazole rings is 1. The minimum absolute atomic E-state index is 0.0756. The summed E-state index contributed by atoms with van der Waals surface area (Å²) in [5.41, 5.74) is 3.23.